The fourth-order valence-corrected chi connectivity index (χ4v) is 7.71. The number of amides is 1. The number of allylic oxidation sites excluding steroid dienone is 1. The third-order valence-corrected chi connectivity index (χ3v) is 9.68. The summed E-state index contributed by atoms with van der Waals surface area (Å²) in [4.78, 5) is 50.1. The molecule has 9 heteroatoms. The first kappa shape index (κ1) is 30.4. The van der Waals surface area contributed by atoms with Crippen molar-refractivity contribution in [1.29, 1.82) is 0 Å². The molecule has 0 N–H and O–H groups in total. The predicted molar refractivity (Wildman–Crippen MR) is 183 cm³/mol. The minimum atomic E-state index is -0.894. The average Bonchev–Trinajstić information content (AvgIpc) is 3.56. The van der Waals surface area contributed by atoms with E-state index >= 15 is 0 Å². The number of anilines is 1. The number of fused-ring (bicyclic) bond motifs is 3. The van der Waals surface area contributed by atoms with Crippen LogP contribution in [0.3, 0.4) is 0 Å². The molecule has 0 bridgehead atoms. The Labute approximate surface area is 275 Å². The molecule has 0 saturated heterocycles. The zero-order chi connectivity index (χ0) is 32.7. The van der Waals surface area contributed by atoms with Gasteiger partial charge < -0.3 is 14.4 Å². The van der Waals surface area contributed by atoms with Crippen LogP contribution in [0.2, 0.25) is 0 Å². The van der Waals surface area contributed by atoms with Gasteiger partial charge in [0.15, 0.2) is 4.80 Å². The second-order valence-corrected chi connectivity index (χ2v) is 12.4. The maximum Gasteiger partial charge on any atom is 0.338 e. The largest absolute Gasteiger partial charge is 0.496 e. The Morgan fingerprint density at radius 1 is 0.915 bits per heavy atom. The summed E-state index contributed by atoms with van der Waals surface area (Å²) < 4.78 is 13.4. The Morgan fingerprint density at radius 2 is 1.66 bits per heavy atom. The van der Waals surface area contributed by atoms with Crippen LogP contribution in [0.15, 0.2) is 112 Å². The van der Waals surface area contributed by atoms with Crippen molar-refractivity contribution in [3.8, 4) is 5.75 Å². The lowest BCUT2D eigenvalue weighted by Crippen LogP contribution is -2.41. The van der Waals surface area contributed by atoms with Crippen LogP contribution in [-0.2, 0) is 20.9 Å². The lowest BCUT2D eigenvalue weighted by atomic mass is 9.90. The Morgan fingerprint density at radius 3 is 2.43 bits per heavy atom. The molecule has 3 heterocycles. The Bertz CT molecular complexity index is 2270. The average molecular weight is 644 g/mol. The van der Waals surface area contributed by atoms with Crippen molar-refractivity contribution in [2.45, 2.75) is 39.3 Å². The number of aromatic nitrogens is 1. The normalized spacial score (nSPS) is 16.6. The molecule has 0 fully saturated rings. The summed E-state index contributed by atoms with van der Waals surface area (Å²) in [6.07, 6.45) is 1.23. The summed E-state index contributed by atoms with van der Waals surface area (Å²) in [5, 5.41) is 1.77. The molecule has 7 rings (SSSR count). The third-order valence-electron chi connectivity index (χ3n) is 8.63. The molecular formula is C38H33N3O5S. The van der Waals surface area contributed by atoms with Gasteiger partial charge in [-0.1, -0.05) is 104 Å². The summed E-state index contributed by atoms with van der Waals surface area (Å²) in [6, 6.07) is 28.1. The van der Waals surface area contributed by atoms with Crippen LogP contribution in [0.1, 0.15) is 49.4 Å². The molecule has 0 aliphatic carbocycles. The van der Waals surface area contributed by atoms with Crippen LogP contribution in [0, 0.1) is 0 Å². The number of carbonyl (C=O) groups is 2. The molecule has 4 aromatic carbocycles. The number of rotatable bonds is 8. The topological polar surface area (TPSA) is 90.2 Å². The lowest BCUT2D eigenvalue weighted by molar-refractivity contribution is -0.139. The van der Waals surface area contributed by atoms with Gasteiger partial charge in [-0.2, -0.15) is 0 Å². The minimum absolute atomic E-state index is 0.165. The molecule has 0 radical (unpaired) electrons. The SMILES string of the molecule is CCCC1=C(C(=O)OCC)[C@H](c2c(OC)ccc3ccccc23)n2c(s/c(=C3\C(=O)N(Cc4ccccc4)c4ccccc43)c2=O)=N1. The molecule has 8 nitrogen and oxygen atoms in total. The van der Waals surface area contributed by atoms with Crippen LogP contribution in [0.25, 0.3) is 16.3 Å². The molecule has 1 aromatic heterocycles. The summed E-state index contributed by atoms with van der Waals surface area (Å²) in [5.74, 6) is -0.255. The van der Waals surface area contributed by atoms with Gasteiger partial charge in [-0.25, -0.2) is 9.79 Å². The number of nitrogens with zero attached hydrogens (tertiary/aromatic N) is 3. The first-order valence-corrected chi connectivity index (χ1v) is 16.5. The van der Waals surface area contributed by atoms with Crippen molar-refractivity contribution in [2.24, 2.45) is 4.99 Å². The van der Waals surface area contributed by atoms with Gasteiger partial charge >= 0.3 is 5.97 Å². The van der Waals surface area contributed by atoms with E-state index in [1.807, 2.05) is 97.9 Å². The molecule has 2 aliphatic rings. The van der Waals surface area contributed by atoms with Crippen molar-refractivity contribution in [1.82, 2.24) is 4.57 Å². The predicted octanol–water partition coefficient (Wildman–Crippen LogP) is 5.66. The highest BCUT2D eigenvalue weighted by Crippen LogP contribution is 2.41. The van der Waals surface area contributed by atoms with Crippen molar-refractivity contribution < 1.29 is 19.1 Å². The molecule has 47 heavy (non-hydrogen) atoms. The second-order valence-electron chi connectivity index (χ2n) is 11.4. The van der Waals surface area contributed by atoms with E-state index in [0.717, 1.165) is 28.4 Å². The standard InChI is InChI=1S/C38H33N3O5S/c1-4-13-27-32(37(44)46-5-2)33(30-25-17-10-9-16-24(25)20-21-29(30)45-3)41-36(43)34(47-38(41)39-27)31-26-18-11-12-19-28(26)40(35(31)42)22-23-14-7-6-8-15-23/h6-12,14-21,33H,4-5,13,22H2,1-3H3/b34-31-/t33-/m0/s1. The highest BCUT2D eigenvalue weighted by atomic mass is 32.1. The van der Waals surface area contributed by atoms with Gasteiger partial charge in [0.1, 0.15) is 16.3 Å². The smallest absolute Gasteiger partial charge is 0.338 e. The van der Waals surface area contributed by atoms with E-state index in [1.54, 1.807) is 23.5 Å². The van der Waals surface area contributed by atoms with E-state index in [9.17, 15) is 14.4 Å². The van der Waals surface area contributed by atoms with Gasteiger partial charge in [0.2, 0.25) is 0 Å². The number of hydrogen-bond acceptors (Lipinski definition) is 7. The van der Waals surface area contributed by atoms with E-state index < -0.39 is 17.6 Å². The van der Waals surface area contributed by atoms with Gasteiger partial charge in [-0.3, -0.25) is 14.2 Å². The zero-order valence-electron chi connectivity index (χ0n) is 26.4. The molecule has 0 saturated carbocycles. The van der Waals surface area contributed by atoms with Gasteiger partial charge in [-0.05, 0) is 41.8 Å². The van der Waals surface area contributed by atoms with Crippen molar-refractivity contribution in [2.75, 3.05) is 18.6 Å². The number of esters is 1. The number of thiazole rings is 1. The molecule has 236 valence electrons. The Balaban J connectivity index is 1.54. The summed E-state index contributed by atoms with van der Waals surface area (Å²) >= 11 is 1.18. The maximum atomic E-state index is 14.8. The van der Waals surface area contributed by atoms with E-state index in [4.69, 9.17) is 14.5 Å². The van der Waals surface area contributed by atoms with Gasteiger partial charge in [0.25, 0.3) is 11.5 Å². The van der Waals surface area contributed by atoms with Gasteiger partial charge in [-0.15, -0.1) is 0 Å². The number of ether oxygens (including phenoxy) is 2. The third kappa shape index (κ3) is 5.07. The Kier molecular flexibility index (Phi) is 8.07. The second kappa shape index (κ2) is 12.5. The number of carbonyl (C=O) groups excluding carboxylic acids is 2. The summed E-state index contributed by atoms with van der Waals surface area (Å²) in [5.41, 5.74) is 3.88. The molecule has 2 aliphatic heterocycles. The monoisotopic (exact) mass is 643 g/mol. The van der Waals surface area contributed by atoms with Gasteiger partial charge in [0, 0.05) is 11.1 Å². The van der Waals surface area contributed by atoms with E-state index in [0.29, 0.717) is 51.5 Å². The summed E-state index contributed by atoms with van der Waals surface area (Å²) in [7, 11) is 1.58. The zero-order valence-corrected chi connectivity index (χ0v) is 27.2. The molecule has 5 aromatic rings. The van der Waals surface area contributed by atoms with E-state index in [1.165, 1.54) is 11.3 Å². The minimum Gasteiger partial charge on any atom is -0.496 e. The van der Waals surface area contributed by atoms with Crippen LogP contribution < -0.4 is 24.5 Å². The van der Waals surface area contributed by atoms with Crippen molar-refractivity contribution in [3.05, 3.63) is 139 Å². The maximum absolute atomic E-state index is 14.8. The highest BCUT2D eigenvalue weighted by molar-refractivity contribution is 7.07. The van der Waals surface area contributed by atoms with Crippen molar-refractivity contribution >= 4 is 45.2 Å². The highest BCUT2D eigenvalue weighted by Gasteiger charge is 2.39. The van der Waals surface area contributed by atoms with Crippen LogP contribution in [-0.4, -0.2) is 30.2 Å². The number of benzene rings is 4. The first-order valence-electron chi connectivity index (χ1n) is 15.7. The van der Waals surface area contributed by atoms with Crippen LogP contribution in [0.5, 0.6) is 5.75 Å². The number of para-hydroxylation sites is 1. The first-order chi connectivity index (χ1) is 23.0. The number of methoxy groups -OCH3 is 1. The van der Waals surface area contributed by atoms with Crippen molar-refractivity contribution in [3.63, 3.8) is 0 Å². The lowest BCUT2D eigenvalue weighted by Gasteiger charge is -2.28. The van der Waals surface area contributed by atoms with E-state index in [-0.39, 0.29) is 17.0 Å². The molecule has 0 unspecified atom stereocenters. The Hall–Kier alpha value is -5.28. The quantitative estimate of drug-likeness (QED) is 0.204. The molecule has 0 spiro atoms. The molecule has 1 atom stereocenters. The van der Waals surface area contributed by atoms with E-state index in [2.05, 4.69) is 0 Å². The van der Waals surface area contributed by atoms with Crippen LogP contribution >= 0.6 is 11.3 Å². The fraction of sp³-hybridized carbons (Fsp3) is 0.211. The van der Waals surface area contributed by atoms with Gasteiger partial charge in [0.05, 0.1) is 42.8 Å². The fourth-order valence-electron chi connectivity index (χ4n) is 6.60. The van der Waals surface area contributed by atoms with Crippen LogP contribution in [0.4, 0.5) is 5.69 Å². The number of hydrogen-bond donors (Lipinski definition) is 0. The summed E-state index contributed by atoms with van der Waals surface area (Å²) in [6.45, 7) is 4.30. The molecular weight excluding hydrogens is 611 g/mol. The molecule has 1 amide bonds.